The fraction of sp³-hybridized carbons (Fsp3) is 0.400. The number of amides is 1. The zero-order valence-corrected chi connectivity index (χ0v) is 17.0. The normalized spacial score (nSPS) is 14.9. The summed E-state index contributed by atoms with van der Waals surface area (Å²) in [4.78, 5) is 29.3. The minimum Gasteiger partial charge on any atom is -0.457 e. The second-order valence-electron chi connectivity index (χ2n) is 6.92. The van der Waals surface area contributed by atoms with Gasteiger partial charge in [0.15, 0.2) is 0 Å². The van der Waals surface area contributed by atoms with Crippen LogP contribution in [-0.2, 0) is 9.53 Å². The van der Waals surface area contributed by atoms with Gasteiger partial charge in [-0.3, -0.25) is 19.8 Å². The van der Waals surface area contributed by atoms with E-state index in [0.717, 1.165) is 25.9 Å². The van der Waals surface area contributed by atoms with Gasteiger partial charge in [0.2, 0.25) is 5.91 Å². The number of carbonyl (C=O) groups is 1. The maximum absolute atomic E-state index is 12.3. The van der Waals surface area contributed by atoms with E-state index in [1.807, 2.05) is 0 Å². The summed E-state index contributed by atoms with van der Waals surface area (Å²) in [5, 5.41) is 16.7. The van der Waals surface area contributed by atoms with Gasteiger partial charge in [-0.15, -0.1) is 0 Å². The number of rotatable bonds is 8. The lowest BCUT2D eigenvalue weighted by Gasteiger charge is -2.30. The molecule has 1 aliphatic rings. The molecule has 3 rings (SSSR count). The molecule has 0 bridgehead atoms. The number of carbonyl (C=O) groups excluding carboxylic acids is 1. The first-order valence-electron chi connectivity index (χ1n) is 9.63. The number of nitro benzene ring substituents is 1. The van der Waals surface area contributed by atoms with E-state index in [-0.39, 0.29) is 24.2 Å². The topological polar surface area (TPSA) is 119 Å². The van der Waals surface area contributed by atoms with Crippen molar-refractivity contribution in [2.45, 2.75) is 18.9 Å². The van der Waals surface area contributed by atoms with Crippen molar-refractivity contribution in [3.05, 3.63) is 46.6 Å². The lowest BCUT2D eigenvalue weighted by atomic mass is 10.1. The van der Waals surface area contributed by atoms with Crippen molar-refractivity contribution >= 4 is 23.1 Å². The minimum atomic E-state index is -0.480. The molecule has 2 heterocycles. The predicted molar refractivity (Wildman–Crippen MR) is 112 cm³/mol. The lowest BCUT2D eigenvalue weighted by molar-refractivity contribution is -0.384. The van der Waals surface area contributed by atoms with Crippen molar-refractivity contribution in [1.82, 2.24) is 9.88 Å². The monoisotopic (exact) mass is 415 g/mol. The summed E-state index contributed by atoms with van der Waals surface area (Å²) in [7, 11) is 3.32. The first-order chi connectivity index (χ1) is 14.5. The highest BCUT2D eigenvalue weighted by Crippen LogP contribution is 2.31. The quantitative estimate of drug-likeness (QED) is 0.499. The van der Waals surface area contributed by atoms with E-state index < -0.39 is 4.92 Å². The third-order valence-electron chi connectivity index (χ3n) is 4.90. The van der Waals surface area contributed by atoms with Crippen molar-refractivity contribution < 1.29 is 19.2 Å². The number of hydrogen-bond acceptors (Lipinski definition) is 8. The summed E-state index contributed by atoms with van der Waals surface area (Å²) >= 11 is 0. The number of hydrogen-bond donors (Lipinski definition) is 2. The van der Waals surface area contributed by atoms with Gasteiger partial charge in [-0.25, -0.2) is 4.98 Å². The van der Waals surface area contributed by atoms with Gasteiger partial charge in [-0.2, -0.15) is 0 Å². The maximum atomic E-state index is 12.3. The summed E-state index contributed by atoms with van der Waals surface area (Å²) in [5.41, 5.74) is 0.305. The molecular formula is C20H25N5O5. The molecule has 1 fully saturated rings. The van der Waals surface area contributed by atoms with Gasteiger partial charge >= 0.3 is 0 Å². The van der Waals surface area contributed by atoms with Crippen molar-refractivity contribution in [2.24, 2.45) is 0 Å². The minimum absolute atomic E-state index is 0.0881. The number of likely N-dealkylation sites (tertiary alicyclic amines) is 1. The van der Waals surface area contributed by atoms with Crippen LogP contribution in [0.1, 0.15) is 12.8 Å². The molecule has 1 aliphatic heterocycles. The van der Waals surface area contributed by atoms with E-state index in [2.05, 4.69) is 20.5 Å². The first-order valence-corrected chi connectivity index (χ1v) is 9.63. The molecule has 10 heteroatoms. The molecule has 30 heavy (non-hydrogen) atoms. The SMILES string of the molecule is CNc1ccc(Oc2ccnc(NC(=O)CN3CCC(OC)CC3)c2)cc1[N+](=O)[O-]. The highest BCUT2D eigenvalue weighted by atomic mass is 16.6. The molecule has 0 atom stereocenters. The van der Waals surface area contributed by atoms with Crippen LogP contribution in [0.4, 0.5) is 17.2 Å². The van der Waals surface area contributed by atoms with Crippen LogP contribution in [0.3, 0.4) is 0 Å². The van der Waals surface area contributed by atoms with E-state index in [1.54, 1.807) is 38.4 Å². The molecule has 0 unspecified atom stereocenters. The zero-order valence-electron chi connectivity index (χ0n) is 17.0. The number of benzene rings is 1. The molecule has 1 aromatic heterocycles. The second kappa shape index (κ2) is 9.99. The smallest absolute Gasteiger partial charge is 0.296 e. The molecule has 1 saturated heterocycles. The Morgan fingerprint density at radius 3 is 2.67 bits per heavy atom. The number of ether oxygens (including phenoxy) is 2. The Balaban J connectivity index is 1.60. The van der Waals surface area contributed by atoms with E-state index in [4.69, 9.17) is 9.47 Å². The van der Waals surface area contributed by atoms with E-state index in [9.17, 15) is 14.9 Å². The van der Waals surface area contributed by atoms with Gasteiger partial charge in [0.25, 0.3) is 5.69 Å². The van der Waals surface area contributed by atoms with Crippen molar-refractivity contribution in [3.63, 3.8) is 0 Å². The molecule has 2 aromatic rings. The number of nitrogens with zero attached hydrogens (tertiary/aromatic N) is 3. The molecule has 0 radical (unpaired) electrons. The Morgan fingerprint density at radius 1 is 1.27 bits per heavy atom. The van der Waals surface area contributed by atoms with Gasteiger partial charge in [0, 0.05) is 39.5 Å². The van der Waals surface area contributed by atoms with Crippen molar-refractivity contribution in [3.8, 4) is 11.5 Å². The van der Waals surface area contributed by atoms with Gasteiger partial charge < -0.3 is 20.1 Å². The van der Waals surface area contributed by atoms with Gasteiger partial charge in [-0.05, 0) is 31.0 Å². The summed E-state index contributed by atoms with van der Waals surface area (Å²) in [5.74, 6) is 0.910. The molecular weight excluding hydrogens is 390 g/mol. The zero-order chi connectivity index (χ0) is 21.5. The van der Waals surface area contributed by atoms with E-state index in [1.165, 1.54) is 12.3 Å². The number of anilines is 2. The molecule has 0 spiro atoms. The molecule has 0 saturated carbocycles. The van der Waals surface area contributed by atoms with Gasteiger partial charge in [-0.1, -0.05) is 0 Å². The fourth-order valence-corrected chi connectivity index (χ4v) is 3.31. The molecule has 1 amide bonds. The first kappa shape index (κ1) is 21.5. The average Bonchev–Trinajstić information content (AvgIpc) is 2.74. The van der Waals surface area contributed by atoms with Gasteiger partial charge in [0.1, 0.15) is 23.0 Å². The molecule has 160 valence electrons. The van der Waals surface area contributed by atoms with Crippen LogP contribution < -0.4 is 15.4 Å². The van der Waals surface area contributed by atoms with Crippen molar-refractivity contribution in [2.75, 3.05) is 44.4 Å². The third-order valence-corrected chi connectivity index (χ3v) is 4.90. The third kappa shape index (κ3) is 5.65. The lowest BCUT2D eigenvalue weighted by Crippen LogP contribution is -2.41. The standard InChI is InChI=1S/C20H25N5O5/c1-21-17-4-3-15(11-18(17)25(27)28)30-16-5-8-22-19(12-16)23-20(26)13-24-9-6-14(29-2)7-10-24/h3-5,8,11-12,14,21H,6-7,9-10,13H2,1-2H3,(H,22,23,26). The summed E-state index contributed by atoms with van der Waals surface area (Å²) in [6.45, 7) is 1.90. The Labute approximate surface area is 174 Å². The van der Waals surface area contributed by atoms with Crippen LogP contribution >= 0.6 is 0 Å². The number of piperidine rings is 1. The Morgan fingerprint density at radius 2 is 2.00 bits per heavy atom. The van der Waals surface area contributed by atoms with Crippen LogP contribution in [0, 0.1) is 10.1 Å². The van der Waals surface area contributed by atoms with Crippen LogP contribution in [-0.4, -0.2) is 60.6 Å². The largest absolute Gasteiger partial charge is 0.457 e. The summed E-state index contributed by atoms with van der Waals surface area (Å²) in [6.07, 6.45) is 3.58. The highest BCUT2D eigenvalue weighted by molar-refractivity contribution is 5.91. The fourth-order valence-electron chi connectivity index (χ4n) is 3.31. The Bertz CT molecular complexity index is 899. The van der Waals surface area contributed by atoms with Crippen LogP contribution in [0.15, 0.2) is 36.5 Å². The maximum Gasteiger partial charge on any atom is 0.296 e. The number of pyridine rings is 1. The summed E-state index contributed by atoms with van der Waals surface area (Å²) in [6, 6.07) is 7.73. The molecule has 10 nitrogen and oxygen atoms in total. The second-order valence-corrected chi connectivity index (χ2v) is 6.92. The van der Waals surface area contributed by atoms with Crippen LogP contribution in [0.5, 0.6) is 11.5 Å². The number of nitrogens with one attached hydrogen (secondary N) is 2. The van der Waals surface area contributed by atoms with E-state index in [0.29, 0.717) is 23.0 Å². The van der Waals surface area contributed by atoms with Crippen LogP contribution in [0.25, 0.3) is 0 Å². The Hall–Kier alpha value is -3.24. The highest BCUT2D eigenvalue weighted by Gasteiger charge is 2.20. The summed E-state index contributed by atoms with van der Waals surface area (Å²) < 4.78 is 11.1. The number of nitro groups is 1. The molecule has 1 aromatic carbocycles. The molecule has 2 N–H and O–H groups in total. The van der Waals surface area contributed by atoms with E-state index >= 15 is 0 Å². The van der Waals surface area contributed by atoms with Gasteiger partial charge in [0.05, 0.1) is 23.6 Å². The average molecular weight is 415 g/mol. The Kier molecular flexibility index (Phi) is 7.15. The number of methoxy groups -OCH3 is 1. The van der Waals surface area contributed by atoms with Crippen LogP contribution in [0.2, 0.25) is 0 Å². The number of aromatic nitrogens is 1. The van der Waals surface area contributed by atoms with Crippen molar-refractivity contribution in [1.29, 1.82) is 0 Å². The predicted octanol–water partition coefficient (Wildman–Crippen LogP) is 2.87. The molecule has 0 aliphatic carbocycles.